The highest BCUT2D eigenvalue weighted by Crippen LogP contribution is 2.18. The van der Waals surface area contributed by atoms with E-state index in [1.165, 1.54) is 24.4 Å². The van der Waals surface area contributed by atoms with Crippen LogP contribution in [0.4, 0.5) is 4.39 Å². The molecule has 0 bridgehead atoms. The van der Waals surface area contributed by atoms with Crippen LogP contribution in [0.3, 0.4) is 0 Å². The zero-order valence-electron chi connectivity index (χ0n) is 10.3. The Labute approximate surface area is 115 Å². The number of hydrogen-bond donors (Lipinski definition) is 1. The Balaban J connectivity index is 2.14. The average Bonchev–Trinajstić information content (AvgIpc) is 2.79. The highest BCUT2D eigenvalue weighted by molar-refractivity contribution is 6.30. The van der Waals surface area contributed by atoms with Gasteiger partial charge in [0.1, 0.15) is 5.82 Å². The molecular formula is C13H13ClFN3O. The van der Waals surface area contributed by atoms with Gasteiger partial charge in [0, 0.05) is 30.3 Å². The van der Waals surface area contributed by atoms with Gasteiger partial charge in [-0.1, -0.05) is 11.6 Å². The number of ketones is 1. The van der Waals surface area contributed by atoms with Crippen molar-refractivity contribution in [1.29, 1.82) is 0 Å². The van der Waals surface area contributed by atoms with Crippen LogP contribution in [0.1, 0.15) is 17.2 Å². The summed E-state index contributed by atoms with van der Waals surface area (Å²) in [6.07, 6.45) is 3.09. The number of hydrogen-bond acceptors (Lipinski definition) is 3. The van der Waals surface area contributed by atoms with Crippen LogP contribution < -0.4 is 5.73 Å². The number of carbonyl (C=O) groups excluding carboxylic acids is 1. The van der Waals surface area contributed by atoms with Gasteiger partial charge in [-0.05, 0) is 23.8 Å². The third-order valence-electron chi connectivity index (χ3n) is 2.80. The molecule has 0 radical (unpaired) electrons. The maximum absolute atomic E-state index is 13.5. The number of halogens is 2. The lowest BCUT2D eigenvalue weighted by Gasteiger charge is -2.09. The molecule has 100 valence electrons. The molecule has 0 amide bonds. The highest BCUT2D eigenvalue weighted by Gasteiger charge is 2.19. The molecule has 0 fully saturated rings. The molecule has 19 heavy (non-hydrogen) atoms. The van der Waals surface area contributed by atoms with Gasteiger partial charge in [-0.3, -0.25) is 9.48 Å². The van der Waals surface area contributed by atoms with E-state index in [2.05, 4.69) is 5.10 Å². The monoisotopic (exact) mass is 281 g/mol. The quantitative estimate of drug-likeness (QED) is 0.933. The van der Waals surface area contributed by atoms with Crippen LogP contribution in [-0.4, -0.2) is 15.6 Å². The molecule has 0 saturated carbocycles. The summed E-state index contributed by atoms with van der Waals surface area (Å²) < 4.78 is 15.1. The van der Waals surface area contributed by atoms with E-state index in [-0.39, 0.29) is 17.8 Å². The number of rotatable bonds is 4. The Morgan fingerprint density at radius 3 is 2.95 bits per heavy atom. The van der Waals surface area contributed by atoms with Crippen LogP contribution in [0.15, 0.2) is 30.6 Å². The highest BCUT2D eigenvalue weighted by atomic mass is 35.5. The fourth-order valence-electron chi connectivity index (χ4n) is 1.76. The van der Waals surface area contributed by atoms with E-state index in [9.17, 15) is 9.18 Å². The Hall–Kier alpha value is -1.72. The molecule has 1 unspecified atom stereocenters. The number of aromatic nitrogens is 2. The molecule has 0 aliphatic carbocycles. The molecule has 2 aromatic rings. The topological polar surface area (TPSA) is 60.9 Å². The van der Waals surface area contributed by atoms with Gasteiger partial charge in [0.25, 0.3) is 0 Å². The molecule has 4 nitrogen and oxygen atoms in total. The zero-order chi connectivity index (χ0) is 14.0. The van der Waals surface area contributed by atoms with Crippen molar-refractivity contribution >= 4 is 17.4 Å². The molecule has 1 atom stereocenters. The smallest absolute Gasteiger partial charge is 0.158 e. The number of nitrogens with zero attached hydrogens (tertiary/aromatic N) is 2. The van der Waals surface area contributed by atoms with Crippen LogP contribution in [0.25, 0.3) is 0 Å². The molecule has 0 spiro atoms. The summed E-state index contributed by atoms with van der Waals surface area (Å²) in [7, 11) is 1.73. The Kier molecular flexibility index (Phi) is 3.97. The second-order valence-electron chi connectivity index (χ2n) is 4.30. The summed E-state index contributed by atoms with van der Waals surface area (Å²) in [6.45, 7) is 0. The summed E-state index contributed by atoms with van der Waals surface area (Å²) >= 11 is 5.78. The number of carbonyl (C=O) groups is 1. The van der Waals surface area contributed by atoms with Crippen molar-refractivity contribution in [3.05, 3.63) is 52.6 Å². The van der Waals surface area contributed by atoms with Crippen LogP contribution in [0.2, 0.25) is 5.02 Å². The molecule has 0 aliphatic rings. The first kappa shape index (κ1) is 13.7. The molecule has 2 N–H and O–H groups in total. The first-order valence-corrected chi connectivity index (χ1v) is 6.06. The second kappa shape index (κ2) is 5.50. The molecule has 2 rings (SSSR count). The average molecular weight is 282 g/mol. The fourth-order valence-corrected chi connectivity index (χ4v) is 1.96. The lowest BCUT2D eigenvalue weighted by Crippen LogP contribution is -2.23. The van der Waals surface area contributed by atoms with Crippen LogP contribution in [0, 0.1) is 5.82 Å². The number of aryl methyl sites for hydroxylation is 1. The van der Waals surface area contributed by atoms with Gasteiger partial charge < -0.3 is 5.73 Å². The van der Waals surface area contributed by atoms with Crippen molar-refractivity contribution < 1.29 is 9.18 Å². The van der Waals surface area contributed by atoms with Crippen LogP contribution >= 0.6 is 11.6 Å². The van der Waals surface area contributed by atoms with Crippen molar-refractivity contribution in [2.24, 2.45) is 12.8 Å². The van der Waals surface area contributed by atoms with E-state index in [0.29, 0.717) is 10.6 Å². The molecular weight excluding hydrogens is 269 g/mol. The summed E-state index contributed by atoms with van der Waals surface area (Å²) in [5, 5.41) is 4.34. The summed E-state index contributed by atoms with van der Waals surface area (Å²) in [5.74, 6) is -0.745. The van der Waals surface area contributed by atoms with Crippen molar-refractivity contribution in [2.45, 2.75) is 12.5 Å². The van der Waals surface area contributed by atoms with E-state index in [4.69, 9.17) is 17.3 Å². The van der Waals surface area contributed by atoms with Crippen molar-refractivity contribution in [1.82, 2.24) is 9.78 Å². The maximum atomic E-state index is 13.5. The Morgan fingerprint density at radius 1 is 1.58 bits per heavy atom. The van der Waals surface area contributed by atoms with Crippen molar-refractivity contribution in [2.75, 3.05) is 0 Å². The third-order valence-corrected chi connectivity index (χ3v) is 3.04. The van der Waals surface area contributed by atoms with Gasteiger partial charge in [-0.25, -0.2) is 4.39 Å². The van der Waals surface area contributed by atoms with Gasteiger partial charge >= 0.3 is 0 Å². The van der Waals surface area contributed by atoms with E-state index in [1.807, 2.05) is 0 Å². The van der Waals surface area contributed by atoms with E-state index in [1.54, 1.807) is 17.9 Å². The standard InChI is InChI=1S/C13H13ClFN3O/c1-18-7-9(6-17-18)13(16)12(19)5-8-4-10(14)2-3-11(8)15/h2-4,6-7,13H,5,16H2,1H3. The molecule has 0 saturated heterocycles. The van der Waals surface area contributed by atoms with Gasteiger partial charge in [0.2, 0.25) is 0 Å². The SMILES string of the molecule is Cn1cc(C(N)C(=O)Cc2cc(Cl)ccc2F)cn1. The van der Waals surface area contributed by atoms with Crippen LogP contribution in [-0.2, 0) is 18.3 Å². The summed E-state index contributed by atoms with van der Waals surface area (Å²) in [6, 6.07) is 3.30. The maximum Gasteiger partial charge on any atom is 0.158 e. The van der Waals surface area contributed by atoms with E-state index in [0.717, 1.165) is 0 Å². The van der Waals surface area contributed by atoms with Crippen molar-refractivity contribution in [3.63, 3.8) is 0 Å². The summed E-state index contributed by atoms with van der Waals surface area (Å²) in [5.41, 5.74) is 6.68. The Morgan fingerprint density at radius 2 is 2.32 bits per heavy atom. The summed E-state index contributed by atoms with van der Waals surface area (Å²) in [4.78, 5) is 12.0. The zero-order valence-corrected chi connectivity index (χ0v) is 11.1. The lowest BCUT2D eigenvalue weighted by atomic mass is 10.0. The first-order chi connectivity index (χ1) is 8.97. The van der Waals surface area contributed by atoms with Gasteiger partial charge in [0.15, 0.2) is 5.78 Å². The minimum Gasteiger partial charge on any atom is -0.318 e. The van der Waals surface area contributed by atoms with Gasteiger partial charge in [-0.2, -0.15) is 5.10 Å². The number of benzene rings is 1. The van der Waals surface area contributed by atoms with Crippen LogP contribution in [0.5, 0.6) is 0 Å². The number of Topliss-reactive ketones (excluding diaryl/α,β-unsaturated/α-hetero) is 1. The third kappa shape index (κ3) is 3.19. The molecule has 6 heteroatoms. The first-order valence-electron chi connectivity index (χ1n) is 5.68. The largest absolute Gasteiger partial charge is 0.318 e. The molecule has 1 heterocycles. The molecule has 1 aromatic carbocycles. The lowest BCUT2D eigenvalue weighted by molar-refractivity contribution is -0.119. The van der Waals surface area contributed by atoms with Gasteiger partial charge in [0.05, 0.1) is 12.2 Å². The second-order valence-corrected chi connectivity index (χ2v) is 4.74. The van der Waals surface area contributed by atoms with Gasteiger partial charge in [-0.15, -0.1) is 0 Å². The fraction of sp³-hybridized carbons (Fsp3) is 0.231. The minimum absolute atomic E-state index is 0.0948. The minimum atomic E-state index is -0.813. The predicted molar refractivity (Wildman–Crippen MR) is 70.3 cm³/mol. The van der Waals surface area contributed by atoms with E-state index < -0.39 is 11.9 Å². The predicted octanol–water partition coefficient (Wildman–Crippen LogP) is 2.02. The molecule has 1 aromatic heterocycles. The number of nitrogens with two attached hydrogens (primary N) is 1. The molecule has 0 aliphatic heterocycles. The van der Waals surface area contributed by atoms with Crippen molar-refractivity contribution in [3.8, 4) is 0 Å². The Bertz CT molecular complexity index is 612. The van der Waals surface area contributed by atoms with E-state index >= 15 is 0 Å². The normalized spacial score (nSPS) is 12.4.